The van der Waals surface area contributed by atoms with Gasteiger partial charge in [0.1, 0.15) is 0 Å². The molecule has 17 heavy (non-hydrogen) atoms. The average Bonchev–Trinajstić information content (AvgIpc) is 2.29. The van der Waals surface area contributed by atoms with Crippen LogP contribution in [-0.4, -0.2) is 27.7 Å². The Morgan fingerprint density at radius 2 is 1.53 bits per heavy atom. The van der Waals surface area contributed by atoms with Crippen molar-refractivity contribution in [3.8, 4) is 0 Å². The molecular weight excluding hydrogens is 248 g/mol. The molecule has 0 radical (unpaired) electrons. The molecule has 0 spiro atoms. The highest BCUT2D eigenvalue weighted by atomic mass is 32.1. The van der Waals surface area contributed by atoms with Crippen molar-refractivity contribution in [3.63, 3.8) is 0 Å². The van der Waals surface area contributed by atoms with Crippen molar-refractivity contribution in [1.29, 1.82) is 0 Å². The Balaban J connectivity index is 3.55. The molecule has 0 saturated heterocycles. The van der Waals surface area contributed by atoms with E-state index in [1.54, 1.807) is 0 Å². The van der Waals surface area contributed by atoms with Gasteiger partial charge in [-0.3, -0.25) is 0 Å². The molecule has 0 aliphatic rings. The van der Waals surface area contributed by atoms with E-state index in [9.17, 15) is 0 Å². The summed E-state index contributed by atoms with van der Waals surface area (Å²) in [5.74, 6) is 0. The molecule has 1 atom stereocenters. The number of hydrogen-bond acceptors (Lipinski definition) is 3. The first-order chi connectivity index (χ1) is 8.24. The molecular formula is C13H30O2SSi. The first-order valence-electron chi connectivity index (χ1n) is 7.15. The minimum Gasteiger partial charge on any atom is -0.397 e. The number of hydrogen-bond donors (Lipinski definition) is 1. The van der Waals surface area contributed by atoms with E-state index in [2.05, 4.69) is 19.6 Å². The minimum atomic E-state index is -1.43. The average molecular weight is 279 g/mol. The molecule has 1 unspecified atom stereocenters. The summed E-state index contributed by atoms with van der Waals surface area (Å²) >= 11 is 4.65. The van der Waals surface area contributed by atoms with Crippen LogP contribution in [0.3, 0.4) is 0 Å². The molecule has 2 nitrogen and oxygen atoms in total. The van der Waals surface area contributed by atoms with Crippen LogP contribution in [0, 0.1) is 0 Å². The molecule has 0 heterocycles. The van der Waals surface area contributed by atoms with Gasteiger partial charge in [-0.2, -0.15) is 12.6 Å². The molecule has 0 aromatic rings. The molecule has 0 amide bonds. The predicted molar refractivity (Wildman–Crippen MR) is 81.4 cm³/mol. The molecule has 0 aliphatic carbocycles. The maximum absolute atomic E-state index is 5.67. The van der Waals surface area contributed by atoms with Crippen LogP contribution in [-0.2, 0) is 8.85 Å². The van der Waals surface area contributed by atoms with Gasteiger partial charge in [-0.15, -0.1) is 0 Å². The molecule has 0 bridgehead atoms. The standard InChI is InChI=1S/C13H30O2SSi/c1-4-7-8-9-10-11-13(16)12-17(14-5-2)15-6-3/h13,16-17H,4-12H2,1-3H3. The van der Waals surface area contributed by atoms with Gasteiger partial charge in [0.25, 0.3) is 0 Å². The van der Waals surface area contributed by atoms with Crippen LogP contribution in [0.2, 0.25) is 6.04 Å². The highest BCUT2D eigenvalue weighted by molar-refractivity contribution is 7.81. The molecule has 0 fully saturated rings. The van der Waals surface area contributed by atoms with Crippen LogP contribution in [0.25, 0.3) is 0 Å². The quantitative estimate of drug-likeness (QED) is 0.331. The van der Waals surface area contributed by atoms with Crippen molar-refractivity contribution >= 4 is 21.9 Å². The van der Waals surface area contributed by atoms with Crippen LogP contribution in [0.5, 0.6) is 0 Å². The largest absolute Gasteiger partial charge is 0.397 e. The van der Waals surface area contributed by atoms with Gasteiger partial charge in [-0.1, -0.05) is 39.0 Å². The Morgan fingerprint density at radius 1 is 0.941 bits per heavy atom. The molecule has 0 saturated carbocycles. The van der Waals surface area contributed by atoms with E-state index in [1.165, 1.54) is 38.5 Å². The lowest BCUT2D eigenvalue weighted by Gasteiger charge is -2.18. The lowest BCUT2D eigenvalue weighted by atomic mass is 10.1. The van der Waals surface area contributed by atoms with Crippen LogP contribution in [0.4, 0.5) is 0 Å². The van der Waals surface area contributed by atoms with E-state index in [1.807, 2.05) is 13.8 Å². The summed E-state index contributed by atoms with van der Waals surface area (Å²) in [5, 5.41) is 0.464. The van der Waals surface area contributed by atoms with Gasteiger partial charge in [0.05, 0.1) is 0 Å². The predicted octanol–water partition coefficient (Wildman–Crippen LogP) is 3.94. The molecule has 104 valence electrons. The molecule has 0 N–H and O–H groups in total. The summed E-state index contributed by atoms with van der Waals surface area (Å²) in [6.45, 7) is 7.87. The van der Waals surface area contributed by atoms with Gasteiger partial charge in [0, 0.05) is 18.5 Å². The molecule has 0 aromatic heterocycles. The van der Waals surface area contributed by atoms with E-state index >= 15 is 0 Å². The third-order valence-corrected chi connectivity index (χ3v) is 6.04. The summed E-state index contributed by atoms with van der Waals surface area (Å²) in [6.07, 6.45) is 7.90. The van der Waals surface area contributed by atoms with Crippen molar-refractivity contribution in [3.05, 3.63) is 0 Å². The van der Waals surface area contributed by atoms with Crippen molar-refractivity contribution in [2.45, 2.75) is 70.6 Å². The molecule has 4 heteroatoms. The lowest BCUT2D eigenvalue weighted by molar-refractivity contribution is 0.213. The maximum Gasteiger partial charge on any atom is 0.322 e. The van der Waals surface area contributed by atoms with Crippen molar-refractivity contribution in [2.24, 2.45) is 0 Å². The highest BCUT2D eigenvalue weighted by Gasteiger charge is 2.16. The normalized spacial score (nSPS) is 13.2. The fourth-order valence-corrected chi connectivity index (χ4v) is 4.37. The molecule has 0 aromatic carbocycles. The van der Waals surface area contributed by atoms with Crippen molar-refractivity contribution in [1.82, 2.24) is 0 Å². The first kappa shape index (κ1) is 17.5. The number of rotatable bonds is 12. The van der Waals surface area contributed by atoms with Crippen LogP contribution < -0.4 is 0 Å². The second kappa shape index (κ2) is 12.9. The van der Waals surface area contributed by atoms with Crippen molar-refractivity contribution in [2.75, 3.05) is 13.2 Å². The van der Waals surface area contributed by atoms with Crippen molar-refractivity contribution < 1.29 is 8.85 Å². The Labute approximate surface area is 115 Å². The topological polar surface area (TPSA) is 18.5 Å². The zero-order valence-corrected chi connectivity index (χ0v) is 13.8. The number of unbranched alkanes of at least 4 members (excludes halogenated alkanes) is 4. The van der Waals surface area contributed by atoms with Gasteiger partial charge < -0.3 is 8.85 Å². The summed E-state index contributed by atoms with van der Waals surface area (Å²) in [6, 6.07) is 1.04. The van der Waals surface area contributed by atoms with E-state index in [-0.39, 0.29) is 0 Å². The Morgan fingerprint density at radius 3 is 2.06 bits per heavy atom. The fraction of sp³-hybridized carbons (Fsp3) is 1.00. The van der Waals surface area contributed by atoms with E-state index < -0.39 is 9.28 Å². The van der Waals surface area contributed by atoms with E-state index in [0.717, 1.165) is 19.3 Å². The third kappa shape index (κ3) is 11.3. The summed E-state index contributed by atoms with van der Waals surface area (Å²) in [5.41, 5.74) is 0. The first-order valence-corrected chi connectivity index (χ1v) is 9.43. The van der Waals surface area contributed by atoms with Crippen LogP contribution in [0.15, 0.2) is 0 Å². The van der Waals surface area contributed by atoms with Gasteiger partial charge >= 0.3 is 9.28 Å². The van der Waals surface area contributed by atoms with E-state index in [4.69, 9.17) is 8.85 Å². The minimum absolute atomic E-state index is 0.464. The van der Waals surface area contributed by atoms with Crippen LogP contribution >= 0.6 is 12.6 Å². The summed E-state index contributed by atoms with van der Waals surface area (Å²) in [4.78, 5) is 0. The highest BCUT2D eigenvalue weighted by Crippen LogP contribution is 2.16. The Hall–Kier alpha value is 0.487. The lowest BCUT2D eigenvalue weighted by Crippen LogP contribution is -2.26. The maximum atomic E-state index is 5.67. The van der Waals surface area contributed by atoms with Gasteiger partial charge in [0.15, 0.2) is 0 Å². The summed E-state index contributed by atoms with van der Waals surface area (Å²) in [7, 11) is -1.43. The monoisotopic (exact) mass is 278 g/mol. The molecule has 0 aliphatic heterocycles. The van der Waals surface area contributed by atoms with Gasteiger partial charge in [-0.05, 0) is 26.3 Å². The second-order valence-corrected chi connectivity index (χ2v) is 7.16. The third-order valence-electron chi connectivity index (χ3n) is 2.81. The van der Waals surface area contributed by atoms with Crippen LogP contribution in [0.1, 0.15) is 59.3 Å². The Bertz CT molecular complexity index is 152. The van der Waals surface area contributed by atoms with Gasteiger partial charge in [-0.25, -0.2) is 0 Å². The Kier molecular flexibility index (Phi) is 13.3. The zero-order chi connectivity index (χ0) is 12.9. The number of thiol groups is 1. The molecule has 0 rings (SSSR count). The fourth-order valence-electron chi connectivity index (χ4n) is 1.88. The summed E-state index contributed by atoms with van der Waals surface area (Å²) < 4.78 is 11.3. The SMILES string of the molecule is CCCCCCCC(S)C[SiH](OCC)OCC. The van der Waals surface area contributed by atoms with E-state index in [0.29, 0.717) is 5.25 Å². The second-order valence-electron chi connectivity index (χ2n) is 4.43. The van der Waals surface area contributed by atoms with Gasteiger partial charge in [0.2, 0.25) is 0 Å². The zero-order valence-electron chi connectivity index (χ0n) is 11.8. The smallest absolute Gasteiger partial charge is 0.322 e.